The van der Waals surface area contributed by atoms with Crippen LogP contribution >= 0.6 is 11.6 Å². The zero-order chi connectivity index (χ0) is 19.6. The van der Waals surface area contributed by atoms with Gasteiger partial charge >= 0.3 is 6.03 Å². The van der Waals surface area contributed by atoms with Crippen LogP contribution in [0.5, 0.6) is 0 Å². The molecule has 8 heteroatoms. The monoisotopic (exact) mass is 382 g/mol. The summed E-state index contributed by atoms with van der Waals surface area (Å²) >= 11 is 5.89. The van der Waals surface area contributed by atoms with E-state index in [1.54, 1.807) is 37.3 Å². The van der Waals surface area contributed by atoms with E-state index in [0.29, 0.717) is 10.6 Å². The maximum atomic E-state index is 12.8. The molecule has 1 aliphatic rings. The first kappa shape index (κ1) is 18.4. The molecule has 1 aliphatic heterocycles. The molecular formula is C19H15ClN4O3. The summed E-state index contributed by atoms with van der Waals surface area (Å²) < 4.78 is 0. The lowest BCUT2D eigenvalue weighted by atomic mass is 9.92. The van der Waals surface area contributed by atoms with E-state index >= 15 is 0 Å². The highest BCUT2D eigenvalue weighted by atomic mass is 35.5. The van der Waals surface area contributed by atoms with Crippen LogP contribution in [0, 0.1) is 11.3 Å². The Balaban J connectivity index is 1.77. The molecule has 1 fully saturated rings. The zero-order valence-electron chi connectivity index (χ0n) is 14.3. The van der Waals surface area contributed by atoms with Gasteiger partial charge < -0.3 is 10.6 Å². The number of hydrogen-bond donors (Lipinski definition) is 2. The molecule has 0 aromatic heterocycles. The minimum atomic E-state index is -1.24. The molecule has 2 aromatic carbocycles. The van der Waals surface area contributed by atoms with Crippen LogP contribution in [-0.4, -0.2) is 29.3 Å². The minimum absolute atomic E-state index is 0.216. The highest BCUT2D eigenvalue weighted by Gasteiger charge is 2.49. The molecule has 0 unspecified atom stereocenters. The number of anilines is 1. The number of imide groups is 1. The van der Waals surface area contributed by atoms with Crippen molar-refractivity contribution in [3.8, 4) is 6.07 Å². The van der Waals surface area contributed by atoms with Crippen LogP contribution in [0.15, 0.2) is 48.5 Å². The van der Waals surface area contributed by atoms with E-state index < -0.39 is 29.9 Å². The molecule has 0 bridgehead atoms. The van der Waals surface area contributed by atoms with Crippen molar-refractivity contribution >= 4 is 35.1 Å². The number of benzene rings is 2. The fraction of sp³-hybridized carbons (Fsp3) is 0.158. The number of nitriles is 1. The standard InChI is InChI=1S/C19H15ClN4O3/c1-19(13-5-3-2-4-6-13)17(26)24(18(27)23-19)11-16(25)22-15-9-14(20)8-7-12(15)10-21/h2-9H,11H2,1H3,(H,22,25)(H,23,27)/t19-/m1/s1. The second kappa shape index (κ2) is 7.09. The second-order valence-corrected chi connectivity index (χ2v) is 6.60. The topological polar surface area (TPSA) is 102 Å². The van der Waals surface area contributed by atoms with Crippen molar-refractivity contribution in [3.05, 3.63) is 64.7 Å². The third kappa shape index (κ3) is 3.48. The van der Waals surface area contributed by atoms with E-state index in [1.165, 1.54) is 18.2 Å². The van der Waals surface area contributed by atoms with Gasteiger partial charge in [0.2, 0.25) is 5.91 Å². The van der Waals surface area contributed by atoms with Gasteiger partial charge in [0.05, 0.1) is 11.3 Å². The van der Waals surface area contributed by atoms with E-state index in [2.05, 4.69) is 10.6 Å². The molecule has 7 nitrogen and oxygen atoms in total. The average molecular weight is 383 g/mol. The van der Waals surface area contributed by atoms with Gasteiger partial charge in [-0.05, 0) is 30.7 Å². The van der Waals surface area contributed by atoms with Crippen molar-refractivity contribution in [2.75, 3.05) is 11.9 Å². The molecule has 3 rings (SSSR count). The average Bonchev–Trinajstić information content (AvgIpc) is 2.87. The van der Waals surface area contributed by atoms with Crippen LogP contribution in [0.1, 0.15) is 18.1 Å². The van der Waals surface area contributed by atoms with Crippen molar-refractivity contribution in [1.82, 2.24) is 10.2 Å². The number of amides is 4. The largest absolute Gasteiger partial charge is 0.325 e. The maximum absolute atomic E-state index is 12.8. The quantitative estimate of drug-likeness (QED) is 0.793. The molecule has 1 atom stereocenters. The van der Waals surface area contributed by atoms with Crippen LogP contribution in [0.3, 0.4) is 0 Å². The Bertz CT molecular complexity index is 971. The Morgan fingerprint density at radius 3 is 2.63 bits per heavy atom. The normalized spacial score (nSPS) is 18.8. The Morgan fingerprint density at radius 2 is 1.96 bits per heavy atom. The third-order valence-electron chi connectivity index (χ3n) is 4.30. The summed E-state index contributed by atoms with van der Waals surface area (Å²) in [5, 5.41) is 14.6. The molecule has 1 saturated heterocycles. The van der Waals surface area contributed by atoms with Crippen molar-refractivity contribution < 1.29 is 14.4 Å². The molecule has 2 N–H and O–H groups in total. The number of nitrogens with one attached hydrogen (secondary N) is 2. The van der Waals surface area contributed by atoms with Crippen LogP contribution < -0.4 is 10.6 Å². The second-order valence-electron chi connectivity index (χ2n) is 6.16. The molecular weight excluding hydrogens is 368 g/mol. The molecule has 27 heavy (non-hydrogen) atoms. The summed E-state index contributed by atoms with van der Waals surface area (Å²) in [6.07, 6.45) is 0. The predicted octanol–water partition coefficient (Wildman–Crippen LogP) is 2.62. The molecule has 2 aromatic rings. The summed E-state index contributed by atoms with van der Waals surface area (Å²) in [5.74, 6) is -1.14. The van der Waals surface area contributed by atoms with Crippen LogP contribution in [-0.2, 0) is 15.1 Å². The van der Waals surface area contributed by atoms with Crippen molar-refractivity contribution in [1.29, 1.82) is 5.26 Å². The van der Waals surface area contributed by atoms with Crippen molar-refractivity contribution in [2.45, 2.75) is 12.5 Å². The molecule has 136 valence electrons. The van der Waals surface area contributed by atoms with E-state index in [0.717, 1.165) is 4.90 Å². The summed E-state index contributed by atoms with van der Waals surface area (Å²) in [6, 6.07) is 14.5. The first-order valence-electron chi connectivity index (χ1n) is 8.04. The SMILES string of the molecule is C[C@]1(c2ccccc2)NC(=O)N(CC(=O)Nc2cc(Cl)ccc2C#N)C1=O. The Morgan fingerprint density at radius 1 is 1.26 bits per heavy atom. The summed E-state index contributed by atoms with van der Waals surface area (Å²) in [6.45, 7) is 1.11. The smallest absolute Gasteiger partial charge is 0.323 e. The number of hydrogen-bond acceptors (Lipinski definition) is 4. The van der Waals surface area contributed by atoms with Gasteiger partial charge in [0.25, 0.3) is 5.91 Å². The Labute approximate surface area is 160 Å². The lowest BCUT2D eigenvalue weighted by molar-refractivity contribution is -0.133. The van der Waals surface area contributed by atoms with Gasteiger partial charge in [-0.15, -0.1) is 0 Å². The van der Waals surface area contributed by atoms with Crippen LogP contribution in [0.4, 0.5) is 10.5 Å². The number of carbonyl (C=O) groups excluding carboxylic acids is 3. The van der Waals surface area contributed by atoms with E-state index in [1.807, 2.05) is 6.07 Å². The highest BCUT2D eigenvalue weighted by Crippen LogP contribution is 2.28. The minimum Gasteiger partial charge on any atom is -0.323 e. The molecule has 4 amide bonds. The summed E-state index contributed by atoms with van der Waals surface area (Å²) in [7, 11) is 0. The zero-order valence-corrected chi connectivity index (χ0v) is 15.1. The maximum Gasteiger partial charge on any atom is 0.325 e. The van der Waals surface area contributed by atoms with Crippen molar-refractivity contribution in [2.24, 2.45) is 0 Å². The molecule has 0 saturated carbocycles. The fourth-order valence-corrected chi connectivity index (χ4v) is 3.03. The van der Waals surface area contributed by atoms with E-state index in [-0.39, 0.29) is 11.3 Å². The van der Waals surface area contributed by atoms with Gasteiger partial charge in [0.1, 0.15) is 18.2 Å². The molecule has 0 spiro atoms. The Kier molecular flexibility index (Phi) is 4.84. The van der Waals surface area contributed by atoms with Gasteiger partial charge in [0, 0.05) is 5.02 Å². The molecule has 0 radical (unpaired) electrons. The first-order valence-corrected chi connectivity index (χ1v) is 8.42. The van der Waals surface area contributed by atoms with Gasteiger partial charge in [-0.3, -0.25) is 14.5 Å². The lowest BCUT2D eigenvalue weighted by Crippen LogP contribution is -2.42. The predicted molar refractivity (Wildman–Crippen MR) is 98.8 cm³/mol. The van der Waals surface area contributed by atoms with Gasteiger partial charge in [-0.1, -0.05) is 41.9 Å². The number of nitrogens with zero attached hydrogens (tertiary/aromatic N) is 2. The van der Waals surface area contributed by atoms with E-state index in [9.17, 15) is 14.4 Å². The third-order valence-corrected chi connectivity index (χ3v) is 4.54. The summed E-state index contributed by atoms with van der Waals surface area (Å²) in [5.41, 5.74) is -0.188. The number of halogens is 1. The highest BCUT2D eigenvalue weighted by molar-refractivity contribution is 6.31. The first-order chi connectivity index (χ1) is 12.8. The van der Waals surface area contributed by atoms with Gasteiger partial charge in [0.15, 0.2) is 0 Å². The number of carbonyl (C=O) groups is 3. The number of rotatable bonds is 4. The Hall–Kier alpha value is -3.37. The lowest BCUT2D eigenvalue weighted by Gasteiger charge is -2.22. The summed E-state index contributed by atoms with van der Waals surface area (Å²) in [4.78, 5) is 38.3. The van der Waals surface area contributed by atoms with Crippen LogP contribution in [0.25, 0.3) is 0 Å². The number of urea groups is 1. The van der Waals surface area contributed by atoms with Gasteiger partial charge in [-0.2, -0.15) is 5.26 Å². The molecule has 1 heterocycles. The van der Waals surface area contributed by atoms with Crippen molar-refractivity contribution in [3.63, 3.8) is 0 Å². The van der Waals surface area contributed by atoms with Crippen LogP contribution in [0.2, 0.25) is 5.02 Å². The van der Waals surface area contributed by atoms with E-state index in [4.69, 9.17) is 16.9 Å². The molecule has 0 aliphatic carbocycles. The fourth-order valence-electron chi connectivity index (χ4n) is 2.86. The van der Waals surface area contributed by atoms with Gasteiger partial charge in [-0.25, -0.2) is 4.79 Å².